The molecule has 2 aromatic carbocycles. The Morgan fingerprint density at radius 3 is 2.68 bits per heavy atom. The van der Waals surface area contributed by atoms with E-state index in [0.717, 1.165) is 12.0 Å². The summed E-state index contributed by atoms with van der Waals surface area (Å²) in [5.41, 5.74) is 1.57. The molecule has 174 valence electrons. The summed E-state index contributed by atoms with van der Waals surface area (Å²) in [5.74, 6) is 0.196. The van der Waals surface area contributed by atoms with E-state index in [2.05, 4.69) is 0 Å². The molecule has 1 fully saturated rings. The van der Waals surface area contributed by atoms with Crippen LogP contribution in [0.4, 0.5) is 5.69 Å². The molecule has 8 heteroatoms. The number of fused-ring (bicyclic) bond motifs is 1. The van der Waals surface area contributed by atoms with Crippen molar-refractivity contribution in [3.8, 4) is 17.2 Å². The number of Topliss-reactive ketones (excluding diaryl/α,β-unsaturated/α-hetero) is 1. The van der Waals surface area contributed by atoms with Gasteiger partial charge in [0.25, 0.3) is 11.7 Å². The molecular formula is C26H23NO7. The zero-order chi connectivity index (χ0) is 23.8. The number of aliphatic hydroxyl groups excluding tert-OH is 1. The number of carbonyl (C=O) groups is 2. The van der Waals surface area contributed by atoms with Gasteiger partial charge in [0, 0.05) is 17.3 Å². The number of ketones is 1. The summed E-state index contributed by atoms with van der Waals surface area (Å²) in [5, 5.41) is 11.2. The van der Waals surface area contributed by atoms with Crippen molar-refractivity contribution in [2.45, 2.75) is 26.3 Å². The molecule has 0 saturated carbocycles. The van der Waals surface area contributed by atoms with E-state index in [4.69, 9.17) is 18.6 Å². The van der Waals surface area contributed by atoms with Gasteiger partial charge in [-0.15, -0.1) is 0 Å². The van der Waals surface area contributed by atoms with Crippen molar-refractivity contribution in [1.82, 2.24) is 0 Å². The highest BCUT2D eigenvalue weighted by atomic mass is 16.7. The fraction of sp³-hybridized carbons (Fsp3) is 0.231. The number of hydrogen-bond acceptors (Lipinski definition) is 7. The summed E-state index contributed by atoms with van der Waals surface area (Å²) in [7, 11) is 0. The molecule has 1 unspecified atom stereocenters. The molecule has 1 N–H and O–H groups in total. The van der Waals surface area contributed by atoms with Crippen LogP contribution in [-0.4, -0.2) is 30.2 Å². The van der Waals surface area contributed by atoms with E-state index in [1.807, 2.05) is 13.8 Å². The minimum absolute atomic E-state index is 0.0563. The average molecular weight is 461 g/mol. The number of ether oxygens (including phenoxy) is 3. The number of furan rings is 1. The van der Waals surface area contributed by atoms with Crippen molar-refractivity contribution in [1.29, 1.82) is 0 Å². The lowest BCUT2D eigenvalue weighted by Crippen LogP contribution is -2.29. The number of benzene rings is 2. The standard InChI is InChI=1S/C26H23NO7/c1-3-10-31-18-8-6-16(12-15(18)2)24(28)22-23(20-5-4-11-32-20)27(26(30)25(22)29)17-7-9-19-21(13-17)34-14-33-19/h4-9,11-13,23,28H,3,10,14H2,1-2H3/b24-22-. The summed E-state index contributed by atoms with van der Waals surface area (Å²) in [6.45, 7) is 4.53. The van der Waals surface area contributed by atoms with E-state index < -0.39 is 17.7 Å². The molecule has 34 heavy (non-hydrogen) atoms. The van der Waals surface area contributed by atoms with Gasteiger partial charge in [-0.3, -0.25) is 14.5 Å². The molecule has 0 bridgehead atoms. The van der Waals surface area contributed by atoms with Crippen LogP contribution in [0.15, 0.2) is 64.8 Å². The zero-order valence-electron chi connectivity index (χ0n) is 18.7. The molecule has 3 aromatic rings. The molecule has 1 aromatic heterocycles. The van der Waals surface area contributed by atoms with Crippen molar-refractivity contribution < 1.29 is 33.3 Å². The maximum atomic E-state index is 13.2. The Labute approximate surface area is 196 Å². The largest absolute Gasteiger partial charge is 0.507 e. The van der Waals surface area contributed by atoms with Crippen LogP contribution in [0.1, 0.15) is 36.3 Å². The van der Waals surface area contributed by atoms with E-state index in [-0.39, 0.29) is 18.1 Å². The van der Waals surface area contributed by atoms with Gasteiger partial charge in [0.1, 0.15) is 23.3 Å². The number of hydrogen-bond donors (Lipinski definition) is 1. The second-order valence-electron chi connectivity index (χ2n) is 8.05. The molecular weight excluding hydrogens is 438 g/mol. The summed E-state index contributed by atoms with van der Waals surface area (Å²) >= 11 is 0. The first-order valence-electron chi connectivity index (χ1n) is 11.0. The Morgan fingerprint density at radius 1 is 1.12 bits per heavy atom. The minimum Gasteiger partial charge on any atom is -0.507 e. The van der Waals surface area contributed by atoms with Crippen molar-refractivity contribution in [2.75, 3.05) is 18.3 Å². The van der Waals surface area contributed by atoms with Crippen LogP contribution in [0.2, 0.25) is 0 Å². The Morgan fingerprint density at radius 2 is 1.94 bits per heavy atom. The van der Waals surface area contributed by atoms with E-state index in [1.54, 1.807) is 48.5 Å². The summed E-state index contributed by atoms with van der Waals surface area (Å²) in [6.07, 6.45) is 2.33. The highest BCUT2D eigenvalue weighted by molar-refractivity contribution is 6.51. The van der Waals surface area contributed by atoms with E-state index in [9.17, 15) is 14.7 Å². The second-order valence-corrected chi connectivity index (χ2v) is 8.05. The highest BCUT2D eigenvalue weighted by Gasteiger charge is 2.48. The quantitative estimate of drug-likeness (QED) is 0.322. The zero-order valence-corrected chi connectivity index (χ0v) is 18.7. The van der Waals surface area contributed by atoms with Crippen LogP contribution in [0, 0.1) is 6.92 Å². The molecule has 0 aliphatic carbocycles. The molecule has 2 aliphatic heterocycles. The van der Waals surface area contributed by atoms with Gasteiger partial charge in [0.2, 0.25) is 6.79 Å². The third-order valence-electron chi connectivity index (χ3n) is 5.80. The molecule has 1 saturated heterocycles. The van der Waals surface area contributed by atoms with Crippen LogP contribution in [0.3, 0.4) is 0 Å². The molecule has 8 nitrogen and oxygen atoms in total. The van der Waals surface area contributed by atoms with Crippen LogP contribution < -0.4 is 19.1 Å². The molecule has 2 aliphatic rings. The first-order valence-corrected chi connectivity index (χ1v) is 11.0. The Bertz CT molecular complexity index is 1290. The first-order chi connectivity index (χ1) is 16.5. The van der Waals surface area contributed by atoms with Gasteiger partial charge < -0.3 is 23.7 Å². The number of carbonyl (C=O) groups excluding carboxylic acids is 2. The molecule has 5 rings (SSSR count). The molecule has 1 atom stereocenters. The molecule has 1 amide bonds. The highest BCUT2D eigenvalue weighted by Crippen LogP contribution is 2.45. The Balaban J connectivity index is 1.61. The van der Waals surface area contributed by atoms with Crippen molar-refractivity contribution >= 4 is 23.1 Å². The van der Waals surface area contributed by atoms with Crippen LogP contribution >= 0.6 is 0 Å². The van der Waals surface area contributed by atoms with Crippen molar-refractivity contribution in [2.24, 2.45) is 0 Å². The van der Waals surface area contributed by atoms with Gasteiger partial charge >= 0.3 is 0 Å². The molecule has 0 radical (unpaired) electrons. The van der Waals surface area contributed by atoms with Crippen molar-refractivity contribution in [3.63, 3.8) is 0 Å². The van der Waals surface area contributed by atoms with Crippen LogP contribution in [-0.2, 0) is 9.59 Å². The predicted molar refractivity (Wildman–Crippen MR) is 123 cm³/mol. The van der Waals surface area contributed by atoms with Gasteiger partial charge in [0.05, 0.1) is 18.4 Å². The fourth-order valence-electron chi connectivity index (χ4n) is 4.18. The van der Waals surface area contributed by atoms with Crippen LogP contribution in [0.25, 0.3) is 5.76 Å². The SMILES string of the molecule is CCCOc1ccc(/C(O)=C2/C(=O)C(=O)N(c3ccc4c(c3)OCO4)C2c2ccco2)cc1C. The minimum atomic E-state index is -0.952. The summed E-state index contributed by atoms with van der Waals surface area (Å²) in [4.78, 5) is 27.7. The van der Waals surface area contributed by atoms with Gasteiger partial charge in [-0.25, -0.2) is 0 Å². The van der Waals surface area contributed by atoms with Gasteiger partial charge in [0.15, 0.2) is 11.5 Å². The van der Waals surface area contributed by atoms with Gasteiger partial charge in [-0.05, 0) is 61.4 Å². The summed E-state index contributed by atoms with van der Waals surface area (Å²) in [6, 6.07) is 12.5. The second kappa shape index (κ2) is 8.62. The number of aliphatic hydroxyl groups is 1. The normalized spacial score (nSPS) is 18.5. The molecule has 3 heterocycles. The van der Waals surface area contributed by atoms with E-state index in [1.165, 1.54) is 11.2 Å². The number of anilines is 1. The lowest BCUT2D eigenvalue weighted by molar-refractivity contribution is -0.132. The van der Waals surface area contributed by atoms with E-state index >= 15 is 0 Å². The first kappa shape index (κ1) is 21.6. The average Bonchev–Trinajstić information content (AvgIpc) is 3.58. The lowest BCUT2D eigenvalue weighted by atomic mass is 9.98. The fourth-order valence-corrected chi connectivity index (χ4v) is 4.18. The Kier molecular flexibility index (Phi) is 5.49. The van der Waals surface area contributed by atoms with Gasteiger partial charge in [-0.1, -0.05) is 6.92 Å². The summed E-state index contributed by atoms with van der Waals surface area (Å²) < 4.78 is 22.1. The lowest BCUT2D eigenvalue weighted by Gasteiger charge is -2.23. The Hall–Kier alpha value is -4.20. The van der Waals surface area contributed by atoms with Crippen molar-refractivity contribution in [3.05, 3.63) is 77.3 Å². The smallest absolute Gasteiger partial charge is 0.300 e. The number of amides is 1. The predicted octanol–water partition coefficient (Wildman–Crippen LogP) is 4.73. The monoisotopic (exact) mass is 461 g/mol. The van der Waals surface area contributed by atoms with Crippen LogP contribution in [0.5, 0.6) is 17.2 Å². The number of aryl methyl sites for hydroxylation is 1. The maximum Gasteiger partial charge on any atom is 0.300 e. The van der Waals surface area contributed by atoms with Gasteiger partial charge in [-0.2, -0.15) is 0 Å². The number of rotatable bonds is 6. The molecule has 0 spiro atoms. The third kappa shape index (κ3) is 3.57. The van der Waals surface area contributed by atoms with E-state index in [0.29, 0.717) is 40.9 Å². The number of nitrogens with zero attached hydrogens (tertiary/aromatic N) is 1. The topological polar surface area (TPSA) is 98.4 Å². The third-order valence-corrected chi connectivity index (χ3v) is 5.80. The maximum absolute atomic E-state index is 13.2.